The van der Waals surface area contributed by atoms with Crippen molar-refractivity contribution >= 4 is 28.8 Å². The van der Waals surface area contributed by atoms with Crippen LogP contribution in [-0.4, -0.2) is 36.5 Å². The summed E-state index contributed by atoms with van der Waals surface area (Å²) in [4.78, 5) is 31.1. The Hall–Kier alpha value is -4.06. The first-order valence-corrected chi connectivity index (χ1v) is 13.8. The average molecular weight is 525 g/mol. The van der Waals surface area contributed by atoms with Crippen LogP contribution in [0, 0.1) is 6.92 Å². The molecule has 0 aliphatic carbocycles. The third-order valence-corrected chi connectivity index (χ3v) is 7.73. The standard InChI is InChI=1S/C33H36N2O4/c1-5-39-28-17-12-23(20-27(28)21(2)3)31(36)29-30(26-11-7-6-10-22(26)4)35(33(38)32(29)37)25-15-13-24(14-16-25)34-18-8-9-19-34/h6-7,10-17,20-21,30,36H,5,8-9,18-19H2,1-4H3/b31-29+. The van der Waals surface area contributed by atoms with Gasteiger partial charge in [0.25, 0.3) is 11.7 Å². The number of carbonyl (C=O) groups excluding carboxylic acids is 2. The molecule has 5 rings (SSSR count). The Kier molecular flexibility index (Phi) is 7.47. The quantitative estimate of drug-likeness (QED) is 0.210. The van der Waals surface area contributed by atoms with Crippen LogP contribution in [-0.2, 0) is 9.59 Å². The molecular weight excluding hydrogens is 488 g/mol. The van der Waals surface area contributed by atoms with Crippen molar-refractivity contribution in [1.29, 1.82) is 0 Å². The molecule has 1 atom stereocenters. The zero-order chi connectivity index (χ0) is 27.7. The number of ether oxygens (including phenoxy) is 1. The van der Waals surface area contributed by atoms with E-state index in [0.717, 1.165) is 41.2 Å². The molecule has 0 spiro atoms. The molecule has 2 saturated heterocycles. The van der Waals surface area contributed by atoms with E-state index in [1.165, 1.54) is 17.7 Å². The van der Waals surface area contributed by atoms with E-state index in [4.69, 9.17) is 4.74 Å². The summed E-state index contributed by atoms with van der Waals surface area (Å²) in [5, 5.41) is 11.6. The minimum absolute atomic E-state index is 0.0942. The number of hydrogen-bond acceptors (Lipinski definition) is 5. The molecule has 2 heterocycles. The fraction of sp³-hybridized carbons (Fsp3) is 0.333. The van der Waals surface area contributed by atoms with Gasteiger partial charge in [0.1, 0.15) is 11.5 Å². The van der Waals surface area contributed by atoms with E-state index in [2.05, 4.69) is 18.7 Å². The number of benzene rings is 3. The molecule has 6 nitrogen and oxygen atoms in total. The van der Waals surface area contributed by atoms with Gasteiger partial charge in [0.05, 0.1) is 18.2 Å². The largest absolute Gasteiger partial charge is 0.507 e. The molecule has 39 heavy (non-hydrogen) atoms. The zero-order valence-electron chi connectivity index (χ0n) is 23.1. The Balaban J connectivity index is 1.64. The van der Waals surface area contributed by atoms with Crippen LogP contribution in [0.3, 0.4) is 0 Å². The van der Waals surface area contributed by atoms with Crippen molar-refractivity contribution < 1.29 is 19.4 Å². The van der Waals surface area contributed by atoms with E-state index in [0.29, 0.717) is 17.9 Å². The summed E-state index contributed by atoms with van der Waals surface area (Å²) in [5.74, 6) is -0.623. The summed E-state index contributed by atoms with van der Waals surface area (Å²) in [7, 11) is 0. The summed E-state index contributed by atoms with van der Waals surface area (Å²) < 4.78 is 5.79. The number of aliphatic hydroxyl groups excluding tert-OH is 1. The maximum Gasteiger partial charge on any atom is 0.300 e. The number of aryl methyl sites for hydroxylation is 1. The molecule has 6 heteroatoms. The Bertz CT molecular complexity index is 1420. The summed E-state index contributed by atoms with van der Waals surface area (Å²) in [6.07, 6.45) is 2.35. The van der Waals surface area contributed by atoms with Gasteiger partial charge in [-0.2, -0.15) is 0 Å². The number of Topliss-reactive ketones (excluding diaryl/α,β-unsaturated/α-hetero) is 1. The summed E-state index contributed by atoms with van der Waals surface area (Å²) in [6, 6.07) is 20.2. The van der Waals surface area contributed by atoms with Crippen LogP contribution in [0.5, 0.6) is 5.75 Å². The highest BCUT2D eigenvalue weighted by atomic mass is 16.5. The maximum absolute atomic E-state index is 13.6. The normalized spacial score (nSPS) is 18.8. The van der Waals surface area contributed by atoms with Gasteiger partial charge in [0, 0.05) is 30.0 Å². The van der Waals surface area contributed by atoms with Gasteiger partial charge < -0.3 is 14.7 Å². The fourth-order valence-electron chi connectivity index (χ4n) is 5.68. The van der Waals surface area contributed by atoms with Gasteiger partial charge in [-0.3, -0.25) is 14.5 Å². The molecule has 0 saturated carbocycles. The number of rotatable bonds is 7. The smallest absolute Gasteiger partial charge is 0.300 e. The van der Waals surface area contributed by atoms with E-state index in [1.807, 2.05) is 74.5 Å². The van der Waals surface area contributed by atoms with Crippen LogP contribution in [0.1, 0.15) is 67.8 Å². The summed E-state index contributed by atoms with van der Waals surface area (Å²) in [5.41, 5.74) is 4.98. The van der Waals surface area contributed by atoms with E-state index in [9.17, 15) is 14.7 Å². The number of carbonyl (C=O) groups is 2. The Labute approximate surface area is 230 Å². The second-order valence-electron chi connectivity index (χ2n) is 10.6. The van der Waals surface area contributed by atoms with Crippen molar-refractivity contribution in [2.75, 3.05) is 29.5 Å². The van der Waals surface area contributed by atoms with Gasteiger partial charge in [-0.1, -0.05) is 38.1 Å². The number of ketones is 1. The van der Waals surface area contributed by atoms with E-state index >= 15 is 0 Å². The second-order valence-corrected chi connectivity index (χ2v) is 10.6. The molecule has 0 radical (unpaired) electrons. The van der Waals surface area contributed by atoms with Crippen LogP contribution >= 0.6 is 0 Å². The number of nitrogens with zero attached hydrogens (tertiary/aromatic N) is 2. The van der Waals surface area contributed by atoms with Crippen molar-refractivity contribution in [3.8, 4) is 5.75 Å². The molecule has 1 N–H and O–H groups in total. The monoisotopic (exact) mass is 524 g/mol. The Morgan fingerprint density at radius 1 is 0.974 bits per heavy atom. The molecular formula is C33H36N2O4. The summed E-state index contributed by atoms with van der Waals surface area (Å²) in [6.45, 7) is 10.6. The third-order valence-electron chi connectivity index (χ3n) is 7.73. The van der Waals surface area contributed by atoms with Crippen LogP contribution in [0.4, 0.5) is 11.4 Å². The topological polar surface area (TPSA) is 70.1 Å². The molecule has 0 bridgehead atoms. The fourth-order valence-corrected chi connectivity index (χ4v) is 5.68. The van der Waals surface area contributed by atoms with Crippen LogP contribution in [0.15, 0.2) is 72.3 Å². The SMILES string of the molecule is CCOc1ccc(/C(O)=C2\C(=O)C(=O)N(c3ccc(N4CCCC4)cc3)C2c2ccccc2C)cc1C(C)C. The lowest BCUT2D eigenvalue weighted by atomic mass is 9.91. The molecule has 1 amide bonds. The first kappa shape index (κ1) is 26.5. The van der Waals surface area contributed by atoms with Crippen LogP contribution in [0.25, 0.3) is 5.76 Å². The first-order valence-electron chi connectivity index (χ1n) is 13.8. The Morgan fingerprint density at radius 2 is 1.64 bits per heavy atom. The lowest BCUT2D eigenvalue weighted by Crippen LogP contribution is -2.29. The lowest BCUT2D eigenvalue weighted by molar-refractivity contribution is -0.132. The van der Waals surface area contributed by atoms with Gasteiger partial charge in [0.15, 0.2) is 0 Å². The van der Waals surface area contributed by atoms with Gasteiger partial charge in [-0.25, -0.2) is 0 Å². The molecule has 0 aromatic heterocycles. The van der Waals surface area contributed by atoms with E-state index < -0.39 is 17.7 Å². The number of hydrogen-bond donors (Lipinski definition) is 1. The highest BCUT2D eigenvalue weighted by Gasteiger charge is 2.47. The molecule has 202 valence electrons. The van der Waals surface area contributed by atoms with Crippen LogP contribution in [0.2, 0.25) is 0 Å². The van der Waals surface area contributed by atoms with E-state index in [-0.39, 0.29) is 17.3 Å². The lowest BCUT2D eigenvalue weighted by Gasteiger charge is -2.27. The highest BCUT2D eigenvalue weighted by molar-refractivity contribution is 6.51. The van der Waals surface area contributed by atoms with Gasteiger partial charge in [-0.15, -0.1) is 0 Å². The number of anilines is 2. The number of aliphatic hydroxyl groups is 1. The molecule has 1 unspecified atom stereocenters. The number of amides is 1. The van der Waals surface area contributed by atoms with Crippen molar-refractivity contribution in [1.82, 2.24) is 0 Å². The van der Waals surface area contributed by atoms with Crippen molar-refractivity contribution in [3.63, 3.8) is 0 Å². The Morgan fingerprint density at radius 3 is 2.28 bits per heavy atom. The van der Waals surface area contributed by atoms with Gasteiger partial charge >= 0.3 is 0 Å². The third kappa shape index (κ3) is 4.91. The van der Waals surface area contributed by atoms with Gasteiger partial charge in [-0.05, 0) is 91.8 Å². The minimum Gasteiger partial charge on any atom is -0.507 e. The maximum atomic E-state index is 13.6. The second kappa shape index (κ2) is 11.0. The summed E-state index contributed by atoms with van der Waals surface area (Å²) >= 11 is 0. The average Bonchev–Trinajstić information content (AvgIpc) is 3.56. The van der Waals surface area contributed by atoms with Gasteiger partial charge in [0.2, 0.25) is 0 Å². The van der Waals surface area contributed by atoms with Crippen LogP contribution < -0.4 is 14.5 Å². The molecule has 2 aliphatic rings. The highest BCUT2D eigenvalue weighted by Crippen LogP contribution is 2.44. The molecule has 3 aromatic rings. The van der Waals surface area contributed by atoms with Crippen molar-refractivity contribution in [2.45, 2.75) is 52.5 Å². The van der Waals surface area contributed by atoms with Crippen molar-refractivity contribution in [3.05, 3.63) is 94.6 Å². The predicted molar refractivity (Wildman–Crippen MR) is 156 cm³/mol. The van der Waals surface area contributed by atoms with Crippen molar-refractivity contribution in [2.24, 2.45) is 0 Å². The zero-order valence-corrected chi connectivity index (χ0v) is 23.1. The predicted octanol–water partition coefficient (Wildman–Crippen LogP) is 6.74. The molecule has 2 aliphatic heterocycles. The van der Waals surface area contributed by atoms with E-state index in [1.54, 1.807) is 6.07 Å². The molecule has 3 aromatic carbocycles. The molecule has 2 fully saturated rings. The first-order chi connectivity index (χ1) is 18.8. The minimum atomic E-state index is -0.752.